The Hall–Kier alpha value is -3.98. The monoisotopic (exact) mass is 423 g/mol. The molecule has 0 aliphatic carbocycles. The third-order valence-electron chi connectivity index (χ3n) is 4.50. The molecule has 9 heteroatoms. The zero-order valence-electron chi connectivity index (χ0n) is 16.2. The van der Waals surface area contributed by atoms with Gasteiger partial charge in [0, 0.05) is 42.1 Å². The molecule has 0 saturated heterocycles. The van der Waals surface area contributed by atoms with Gasteiger partial charge in [0.1, 0.15) is 11.5 Å². The van der Waals surface area contributed by atoms with Gasteiger partial charge in [0.15, 0.2) is 11.3 Å². The zero-order valence-corrected chi connectivity index (χ0v) is 16.2. The first kappa shape index (κ1) is 20.3. The van der Waals surface area contributed by atoms with Crippen molar-refractivity contribution in [2.45, 2.75) is 6.42 Å². The van der Waals surface area contributed by atoms with Gasteiger partial charge in [-0.3, -0.25) is 4.79 Å². The maximum Gasteiger partial charge on any atom is 0.347 e. The number of anilines is 1. The average molecular weight is 423 g/mol. The third-order valence-corrected chi connectivity index (χ3v) is 4.50. The van der Waals surface area contributed by atoms with Crippen LogP contribution in [0.3, 0.4) is 0 Å². The van der Waals surface area contributed by atoms with Crippen molar-refractivity contribution in [3.8, 4) is 0 Å². The number of esters is 1. The van der Waals surface area contributed by atoms with Crippen LogP contribution in [0.15, 0.2) is 66.0 Å². The first-order chi connectivity index (χ1) is 15.1. The van der Waals surface area contributed by atoms with Crippen LogP contribution < -0.4 is 5.32 Å². The zero-order chi connectivity index (χ0) is 21.8. The molecule has 2 aromatic heterocycles. The summed E-state index contributed by atoms with van der Waals surface area (Å²) in [6.45, 7) is -0.208. The Kier molecular flexibility index (Phi) is 5.76. The number of hydrogen-bond donors (Lipinski definition) is 3. The number of nitrogens with one attached hydrogen (secondary N) is 2. The smallest absolute Gasteiger partial charge is 0.347 e. The van der Waals surface area contributed by atoms with Gasteiger partial charge in [-0.1, -0.05) is 0 Å². The largest absolute Gasteiger partial charge is 0.462 e. The molecule has 1 aromatic carbocycles. The summed E-state index contributed by atoms with van der Waals surface area (Å²) >= 11 is 0. The Morgan fingerprint density at radius 3 is 2.87 bits per heavy atom. The molecule has 0 saturated carbocycles. The van der Waals surface area contributed by atoms with Gasteiger partial charge in [0.2, 0.25) is 11.7 Å². The highest BCUT2D eigenvalue weighted by Crippen LogP contribution is 2.30. The molecule has 3 N–H and O–H groups in total. The van der Waals surface area contributed by atoms with E-state index in [9.17, 15) is 14.0 Å². The maximum absolute atomic E-state index is 13.2. The number of H-pyrrole nitrogens is 1. The Labute approximate surface area is 176 Å². The van der Waals surface area contributed by atoms with Crippen molar-refractivity contribution >= 4 is 34.5 Å². The van der Waals surface area contributed by atoms with Crippen molar-refractivity contribution < 1.29 is 28.6 Å². The van der Waals surface area contributed by atoms with Crippen molar-refractivity contribution in [1.29, 1.82) is 0 Å². The van der Waals surface area contributed by atoms with Gasteiger partial charge < -0.3 is 24.9 Å². The van der Waals surface area contributed by atoms with Crippen molar-refractivity contribution in [3.63, 3.8) is 0 Å². The molecule has 3 aromatic rings. The molecule has 1 aliphatic heterocycles. The molecular formula is C22H18FN3O5. The molecule has 158 valence electrons. The number of aromatic amines is 1. The number of ketones is 1. The quantitative estimate of drug-likeness (QED) is 0.232. The molecule has 0 fully saturated rings. The van der Waals surface area contributed by atoms with Gasteiger partial charge in [-0.05, 0) is 42.5 Å². The van der Waals surface area contributed by atoms with E-state index in [1.807, 2.05) is 6.07 Å². The standard InChI is InChI=1S/C22H18FN3O5/c23-14-4-6-15(7-5-14)26-21-18(22(29)30-10-2-9-27)19(28)17(31-21)11-13-12-25-20-16(13)3-1-8-24-20/h1,3-8,11-12,26-27H,2,9-10H2,(H,24,25). The Morgan fingerprint density at radius 2 is 2.10 bits per heavy atom. The van der Waals surface area contributed by atoms with Gasteiger partial charge in [0.05, 0.1) is 6.61 Å². The molecule has 0 atom stereocenters. The van der Waals surface area contributed by atoms with Crippen LogP contribution in [0.25, 0.3) is 17.1 Å². The lowest BCUT2D eigenvalue weighted by atomic mass is 10.1. The molecule has 31 heavy (non-hydrogen) atoms. The van der Waals surface area contributed by atoms with Crippen molar-refractivity contribution in [1.82, 2.24) is 9.97 Å². The van der Waals surface area contributed by atoms with Crippen molar-refractivity contribution in [3.05, 3.63) is 77.4 Å². The molecule has 0 amide bonds. The second kappa shape index (κ2) is 8.80. The van der Waals surface area contributed by atoms with E-state index >= 15 is 0 Å². The number of aliphatic hydroxyl groups excluding tert-OH is 1. The minimum Gasteiger partial charge on any atom is -0.462 e. The second-order valence-electron chi connectivity index (χ2n) is 6.63. The molecule has 3 heterocycles. The first-order valence-electron chi connectivity index (χ1n) is 9.48. The number of carbonyl (C=O) groups is 2. The fourth-order valence-corrected chi connectivity index (χ4v) is 3.01. The molecule has 0 spiro atoms. The van der Waals surface area contributed by atoms with Crippen molar-refractivity contribution in [2.24, 2.45) is 0 Å². The van der Waals surface area contributed by atoms with Crippen LogP contribution in [0.4, 0.5) is 10.1 Å². The van der Waals surface area contributed by atoms with E-state index < -0.39 is 17.6 Å². The highest BCUT2D eigenvalue weighted by atomic mass is 19.1. The lowest BCUT2D eigenvalue weighted by molar-refractivity contribution is -0.140. The molecule has 0 unspecified atom stereocenters. The van der Waals surface area contributed by atoms with E-state index in [1.165, 1.54) is 30.3 Å². The number of Topliss-reactive ketones (excluding diaryl/α,β-unsaturated/α-hetero) is 1. The van der Waals surface area contributed by atoms with Gasteiger partial charge in [0.25, 0.3) is 0 Å². The number of allylic oxidation sites excluding steroid dienone is 1. The highest BCUT2D eigenvalue weighted by Gasteiger charge is 2.37. The number of aromatic nitrogens is 2. The maximum atomic E-state index is 13.2. The van der Waals surface area contributed by atoms with E-state index in [0.717, 1.165) is 5.39 Å². The third kappa shape index (κ3) is 4.31. The number of nitrogens with zero attached hydrogens (tertiary/aromatic N) is 1. The molecule has 0 radical (unpaired) electrons. The lowest BCUT2D eigenvalue weighted by Gasteiger charge is -2.09. The number of halogens is 1. The highest BCUT2D eigenvalue weighted by molar-refractivity contribution is 6.26. The van der Waals surface area contributed by atoms with Crippen LogP contribution >= 0.6 is 0 Å². The Morgan fingerprint density at radius 1 is 1.29 bits per heavy atom. The number of ether oxygens (including phenoxy) is 2. The summed E-state index contributed by atoms with van der Waals surface area (Å²) in [5, 5.41) is 12.5. The van der Waals surface area contributed by atoms with E-state index in [2.05, 4.69) is 15.3 Å². The SMILES string of the molecule is O=C(OCCCO)C1=C(Nc2ccc(F)cc2)OC(=Cc2c[nH]c3ncccc23)C1=O. The van der Waals surface area contributed by atoms with Gasteiger partial charge in [-0.25, -0.2) is 14.2 Å². The topological polar surface area (TPSA) is 114 Å². The molecule has 8 nitrogen and oxygen atoms in total. The number of pyridine rings is 1. The Balaban J connectivity index is 1.66. The van der Waals surface area contributed by atoms with Gasteiger partial charge in [-0.2, -0.15) is 0 Å². The van der Waals surface area contributed by atoms with Gasteiger partial charge >= 0.3 is 5.97 Å². The summed E-state index contributed by atoms with van der Waals surface area (Å²) in [6, 6.07) is 8.94. The van der Waals surface area contributed by atoms with Crippen LogP contribution in [0, 0.1) is 5.82 Å². The van der Waals surface area contributed by atoms with Crippen LogP contribution in [-0.4, -0.2) is 40.0 Å². The van der Waals surface area contributed by atoms with Crippen molar-refractivity contribution in [2.75, 3.05) is 18.5 Å². The lowest BCUT2D eigenvalue weighted by Crippen LogP contribution is -2.17. The predicted octanol–water partition coefficient (Wildman–Crippen LogP) is 2.89. The normalized spacial score (nSPS) is 14.9. The fourth-order valence-electron chi connectivity index (χ4n) is 3.01. The number of fused-ring (bicyclic) bond motifs is 1. The second-order valence-corrected chi connectivity index (χ2v) is 6.63. The summed E-state index contributed by atoms with van der Waals surface area (Å²) in [4.78, 5) is 32.7. The summed E-state index contributed by atoms with van der Waals surface area (Å²) in [5.74, 6) is -2.16. The molecule has 0 bridgehead atoms. The fraction of sp³-hybridized carbons (Fsp3) is 0.136. The van der Waals surface area contributed by atoms with Gasteiger partial charge in [-0.15, -0.1) is 0 Å². The van der Waals surface area contributed by atoms with Crippen LogP contribution in [0.1, 0.15) is 12.0 Å². The minimum absolute atomic E-state index is 0.0525. The van der Waals surface area contributed by atoms with Crippen LogP contribution in [0.2, 0.25) is 0 Å². The average Bonchev–Trinajstić information content (AvgIpc) is 3.31. The summed E-state index contributed by atoms with van der Waals surface area (Å²) in [6.07, 6.45) is 5.05. The summed E-state index contributed by atoms with van der Waals surface area (Å²) in [7, 11) is 0. The molecule has 4 rings (SSSR count). The predicted molar refractivity (Wildman–Crippen MR) is 110 cm³/mol. The van der Waals surface area contributed by atoms with E-state index in [0.29, 0.717) is 16.9 Å². The van der Waals surface area contributed by atoms with Crippen LogP contribution in [0.5, 0.6) is 0 Å². The molecular weight excluding hydrogens is 405 g/mol. The minimum atomic E-state index is -0.882. The first-order valence-corrected chi connectivity index (χ1v) is 9.48. The number of carbonyl (C=O) groups excluding carboxylic acids is 2. The number of rotatable bonds is 7. The number of benzene rings is 1. The van der Waals surface area contributed by atoms with Crippen LogP contribution in [-0.2, 0) is 19.1 Å². The summed E-state index contributed by atoms with van der Waals surface area (Å²) < 4.78 is 24.0. The Bertz CT molecular complexity index is 1200. The van der Waals surface area contributed by atoms with E-state index in [4.69, 9.17) is 14.6 Å². The molecule has 1 aliphatic rings. The number of hydrogen-bond acceptors (Lipinski definition) is 7. The summed E-state index contributed by atoms with van der Waals surface area (Å²) in [5.41, 5.74) is 1.40. The van der Waals surface area contributed by atoms with E-state index in [-0.39, 0.29) is 36.8 Å². The number of aliphatic hydroxyl groups is 1. The van der Waals surface area contributed by atoms with E-state index in [1.54, 1.807) is 18.5 Å².